The van der Waals surface area contributed by atoms with Crippen molar-refractivity contribution in [2.75, 3.05) is 26.2 Å². The van der Waals surface area contributed by atoms with E-state index in [2.05, 4.69) is 40.8 Å². The van der Waals surface area contributed by atoms with Gasteiger partial charge in [-0.3, -0.25) is 0 Å². The normalized spacial score (nSPS) is 10.6. The summed E-state index contributed by atoms with van der Waals surface area (Å²) in [7, 11) is 0. The number of rotatable bonds is 12. The van der Waals surface area contributed by atoms with Crippen molar-refractivity contribution in [1.82, 2.24) is 14.9 Å². The summed E-state index contributed by atoms with van der Waals surface area (Å²) in [6.45, 7) is 8.83. The molecule has 3 aromatic rings. The number of fused-ring (bicyclic) bond motifs is 1. The lowest BCUT2D eigenvalue weighted by atomic mass is 10.2. The van der Waals surface area contributed by atoms with Crippen LogP contribution in [0.25, 0.3) is 22.4 Å². The van der Waals surface area contributed by atoms with Gasteiger partial charge in [-0.05, 0) is 68.8 Å². The number of ether oxygens (including phenoxy) is 1. The van der Waals surface area contributed by atoms with Crippen molar-refractivity contribution < 1.29 is 10.2 Å². The van der Waals surface area contributed by atoms with Crippen LogP contribution in [-0.2, 0) is 0 Å². The van der Waals surface area contributed by atoms with E-state index in [4.69, 9.17) is 4.74 Å². The van der Waals surface area contributed by atoms with E-state index in [1.165, 1.54) is 38.8 Å². The zero-order valence-electron chi connectivity index (χ0n) is 18.2. The van der Waals surface area contributed by atoms with Crippen LogP contribution < -0.4 is 4.74 Å². The summed E-state index contributed by atoms with van der Waals surface area (Å²) < 4.78 is 5.96. The van der Waals surface area contributed by atoms with Gasteiger partial charge in [0.1, 0.15) is 11.6 Å². The van der Waals surface area contributed by atoms with E-state index in [1.54, 1.807) is 0 Å². The molecule has 1 aromatic heterocycles. The standard InChI is InChI=1S/C24H33N3O.ClH.H2O/c1-3-5-16-27(17-6-4-2)18-9-19-28-21-14-12-20(13-15-21)24-25-22-10-7-8-11-23(22)26-24;;/h7-8,10-15H,3-6,9,16-19H2,1-2H3,(H,25,26);1H;1H2. The van der Waals surface area contributed by atoms with E-state index in [0.717, 1.165) is 47.7 Å². The molecule has 1 heterocycles. The smallest absolute Gasteiger partial charge is 0.138 e. The quantitative estimate of drug-likeness (QED) is 0.383. The van der Waals surface area contributed by atoms with Gasteiger partial charge in [0.05, 0.1) is 17.6 Å². The number of benzene rings is 2. The van der Waals surface area contributed by atoms with Gasteiger partial charge in [-0.15, -0.1) is 12.4 Å². The van der Waals surface area contributed by atoms with Gasteiger partial charge in [-0.1, -0.05) is 38.8 Å². The molecule has 166 valence electrons. The van der Waals surface area contributed by atoms with Gasteiger partial charge >= 0.3 is 0 Å². The summed E-state index contributed by atoms with van der Waals surface area (Å²) in [4.78, 5) is 10.6. The maximum atomic E-state index is 5.96. The molecule has 0 unspecified atom stereocenters. The minimum Gasteiger partial charge on any atom is -0.494 e. The fourth-order valence-corrected chi connectivity index (χ4v) is 3.38. The fraction of sp³-hybridized carbons (Fsp3) is 0.458. The Hall–Kier alpha value is -2.08. The number of hydrogen-bond acceptors (Lipinski definition) is 3. The van der Waals surface area contributed by atoms with Gasteiger partial charge in [0.2, 0.25) is 0 Å². The first kappa shape index (κ1) is 26.0. The molecule has 0 aliphatic rings. The maximum Gasteiger partial charge on any atom is 0.138 e. The molecule has 0 amide bonds. The van der Waals surface area contributed by atoms with E-state index >= 15 is 0 Å². The van der Waals surface area contributed by atoms with Crippen molar-refractivity contribution in [3.8, 4) is 17.1 Å². The van der Waals surface area contributed by atoms with Crippen LogP contribution in [-0.4, -0.2) is 46.6 Å². The molecule has 0 saturated heterocycles. The van der Waals surface area contributed by atoms with Crippen LogP contribution >= 0.6 is 12.4 Å². The fourth-order valence-electron chi connectivity index (χ4n) is 3.38. The molecule has 6 heteroatoms. The Morgan fingerprint density at radius 1 is 0.867 bits per heavy atom. The highest BCUT2D eigenvalue weighted by molar-refractivity contribution is 5.85. The van der Waals surface area contributed by atoms with Gasteiger partial charge in [0, 0.05) is 12.1 Å². The van der Waals surface area contributed by atoms with Crippen molar-refractivity contribution in [3.05, 3.63) is 48.5 Å². The van der Waals surface area contributed by atoms with Gasteiger partial charge in [-0.25, -0.2) is 4.98 Å². The Kier molecular flexibility index (Phi) is 12.1. The molecule has 3 N–H and O–H groups in total. The van der Waals surface area contributed by atoms with Crippen molar-refractivity contribution in [2.45, 2.75) is 46.0 Å². The number of aromatic amines is 1. The van der Waals surface area contributed by atoms with Crippen LogP contribution in [0.3, 0.4) is 0 Å². The summed E-state index contributed by atoms with van der Waals surface area (Å²) in [6.07, 6.45) is 6.16. The molecule has 5 nitrogen and oxygen atoms in total. The monoisotopic (exact) mass is 433 g/mol. The van der Waals surface area contributed by atoms with E-state index in [9.17, 15) is 0 Å². The highest BCUT2D eigenvalue weighted by atomic mass is 35.5. The molecule has 3 rings (SSSR count). The van der Waals surface area contributed by atoms with E-state index in [1.807, 2.05) is 36.4 Å². The van der Waals surface area contributed by atoms with Crippen LogP contribution in [0.15, 0.2) is 48.5 Å². The lowest BCUT2D eigenvalue weighted by Crippen LogP contribution is -2.28. The number of hydrogen-bond donors (Lipinski definition) is 1. The van der Waals surface area contributed by atoms with Crippen molar-refractivity contribution in [2.24, 2.45) is 0 Å². The molecular formula is C24H36ClN3O2. The summed E-state index contributed by atoms with van der Waals surface area (Å²) in [5, 5.41) is 0. The van der Waals surface area contributed by atoms with E-state index in [0.29, 0.717) is 0 Å². The number of H-pyrrole nitrogens is 1. The van der Waals surface area contributed by atoms with Crippen LogP contribution in [0.1, 0.15) is 46.0 Å². The third-order valence-electron chi connectivity index (χ3n) is 5.06. The first-order valence-corrected chi connectivity index (χ1v) is 10.7. The predicted octanol–water partition coefficient (Wildman–Crippen LogP) is 5.50. The number of halogens is 1. The second kappa shape index (κ2) is 14.0. The molecule has 0 spiro atoms. The zero-order chi connectivity index (χ0) is 19.6. The summed E-state index contributed by atoms with van der Waals surface area (Å²) >= 11 is 0. The van der Waals surface area contributed by atoms with Crippen LogP contribution in [0.2, 0.25) is 0 Å². The number of unbranched alkanes of at least 4 members (excludes halogenated alkanes) is 2. The van der Waals surface area contributed by atoms with E-state index in [-0.39, 0.29) is 17.9 Å². The largest absolute Gasteiger partial charge is 0.494 e. The van der Waals surface area contributed by atoms with E-state index < -0.39 is 0 Å². The highest BCUT2D eigenvalue weighted by Gasteiger charge is 2.06. The Labute approximate surface area is 186 Å². The Morgan fingerprint density at radius 2 is 1.50 bits per heavy atom. The van der Waals surface area contributed by atoms with Crippen LogP contribution in [0, 0.1) is 0 Å². The number of aromatic nitrogens is 2. The Morgan fingerprint density at radius 3 is 2.13 bits per heavy atom. The lowest BCUT2D eigenvalue weighted by molar-refractivity contribution is 0.229. The summed E-state index contributed by atoms with van der Waals surface area (Å²) in [5.74, 6) is 1.82. The molecule has 0 atom stereocenters. The minimum absolute atomic E-state index is 0. The first-order valence-electron chi connectivity index (χ1n) is 10.7. The van der Waals surface area contributed by atoms with Gasteiger partial charge in [-0.2, -0.15) is 0 Å². The molecule has 0 radical (unpaired) electrons. The second-order valence-electron chi connectivity index (χ2n) is 7.38. The molecule has 0 fully saturated rings. The predicted molar refractivity (Wildman–Crippen MR) is 129 cm³/mol. The van der Waals surface area contributed by atoms with Crippen LogP contribution in [0.4, 0.5) is 0 Å². The van der Waals surface area contributed by atoms with Crippen molar-refractivity contribution >= 4 is 23.4 Å². The highest BCUT2D eigenvalue weighted by Crippen LogP contribution is 2.22. The molecule has 30 heavy (non-hydrogen) atoms. The average molecular weight is 434 g/mol. The SMILES string of the molecule is CCCCN(CCCC)CCCOc1ccc(-c2nc3ccccc3[nH]2)cc1.Cl.O. The van der Waals surface area contributed by atoms with Gasteiger partial charge in [0.25, 0.3) is 0 Å². The number of nitrogens with zero attached hydrogens (tertiary/aromatic N) is 2. The number of imidazole rings is 1. The average Bonchev–Trinajstić information content (AvgIpc) is 3.17. The number of para-hydroxylation sites is 2. The van der Waals surface area contributed by atoms with Crippen molar-refractivity contribution in [3.63, 3.8) is 0 Å². The molecule has 0 bridgehead atoms. The molecular weight excluding hydrogens is 398 g/mol. The van der Waals surface area contributed by atoms with Crippen molar-refractivity contribution in [1.29, 1.82) is 0 Å². The first-order chi connectivity index (χ1) is 13.8. The third kappa shape index (κ3) is 7.63. The molecule has 0 aliphatic heterocycles. The van der Waals surface area contributed by atoms with Gasteiger partial charge in [0.15, 0.2) is 0 Å². The summed E-state index contributed by atoms with van der Waals surface area (Å²) in [5.41, 5.74) is 3.14. The summed E-state index contributed by atoms with van der Waals surface area (Å²) in [6, 6.07) is 16.3. The Bertz CT molecular complexity index is 795. The topological polar surface area (TPSA) is 72.7 Å². The third-order valence-corrected chi connectivity index (χ3v) is 5.06. The molecule has 2 aromatic carbocycles. The molecule has 0 aliphatic carbocycles. The zero-order valence-corrected chi connectivity index (χ0v) is 19.0. The molecule has 0 saturated carbocycles. The van der Waals surface area contributed by atoms with Gasteiger partial charge < -0.3 is 20.1 Å². The second-order valence-corrected chi connectivity index (χ2v) is 7.38. The minimum atomic E-state index is 0. The number of nitrogens with one attached hydrogen (secondary N) is 1. The Balaban J connectivity index is 0.00000225. The lowest BCUT2D eigenvalue weighted by Gasteiger charge is -2.21. The van der Waals surface area contributed by atoms with Crippen LogP contribution in [0.5, 0.6) is 5.75 Å². The maximum absolute atomic E-state index is 5.96.